The van der Waals surface area contributed by atoms with Gasteiger partial charge in [-0.05, 0) is 43.4 Å². The normalized spacial score (nSPS) is 19.3. The number of nitrogens with zero attached hydrogens (tertiary/aromatic N) is 1. The molecular formula is C16H24N2O3S. The molecule has 1 aromatic rings. The first-order chi connectivity index (χ1) is 10.5. The van der Waals surface area contributed by atoms with Crippen LogP contribution in [-0.4, -0.2) is 37.0 Å². The smallest absolute Gasteiger partial charge is 0.242 e. The average molecular weight is 324 g/mol. The highest BCUT2D eigenvalue weighted by molar-refractivity contribution is 7.89. The molecule has 0 aliphatic carbocycles. The molecule has 1 atom stereocenters. The summed E-state index contributed by atoms with van der Waals surface area (Å²) in [6, 6.07) is 7.07. The lowest BCUT2D eigenvalue weighted by atomic mass is 10.1. The van der Waals surface area contributed by atoms with Crippen LogP contribution in [0.5, 0.6) is 0 Å². The van der Waals surface area contributed by atoms with E-state index in [1.807, 2.05) is 31.2 Å². The lowest BCUT2D eigenvalue weighted by Gasteiger charge is -2.23. The van der Waals surface area contributed by atoms with Gasteiger partial charge in [-0.15, -0.1) is 0 Å². The molecule has 2 rings (SSSR count). The van der Waals surface area contributed by atoms with Gasteiger partial charge < -0.3 is 5.32 Å². The van der Waals surface area contributed by atoms with E-state index in [2.05, 4.69) is 12.2 Å². The highest BCUT2D eigenvalue weighted by atomic mass is 32.2. The van der Waals surface area contributed by atoms with Gasteiger partial charge in [0.15, 0.2) is 0 Å². The maximum Gasteiger partial charge on any atom is 0.242 e. The fraction of sp³-hybridized carbons (Fsp3) is 0.562. The van der Waals surface area contributed by atoms with Gasteiger partial charge in [0.1, 0.15) is 6.04 Å². The van der Waals surface area contributed by atoms with E-state index >= 15 is 0 Å². The second-order valence-electron chi connectivity index (χ2n) is 5.62. The third-order valence-corrected chi connectivity index (χ3v) is 6.03. The van der Waals surface area contributed by atoms with Crippen molar-refractivity contribution >= 4 is 21.6 Å². The standard InChI is InChI=1S/C16H24N2O3S/c1-3-12-22(20,21)18-11-5-6-15(18)16(19)17-14-9-7-13(4-2)8-10-14/h7-10,15H,3-6,11-12H2,1-2H3,(H,17,19)/t15-/m1/s1. The van der Waals surface area contributed by atoms with Gasteiger partial charge in [0.05, 0.1) is 5.75 Å². The molecule has 122 valence electrons. The maximum atomic E-state index is 12.4. The summed E-state index contributed by atoms with van der Waals surface area (Å²) in [6.45, 7) is 4.34. The van der Waals surface area contributed by atoms with Gasteiger partial charge in [0, 0.05) is 12.2 Å². The van der Waals surface area contributed by atoms with Gasteiger partial charge in [0.2, 0.25) is 15.9 Å². The predicted molar refractivity (Wildman–Crippen MR) is 88.3 cm³/mol. The summed E-state index contributed by atoms with van der Waals surface area (Å²) in [5.74, 6) is -0.136. The van der Waals surface area contributed by atoms with Crippen molar-refractivity contribution in [2.24, 2.45) is 0 Å². The highest BCUT2D eigenvalue weighted by Crippen LogP contribution is 2.23. The van der Waals surface area contributed by atoms with E-state index in [9.17, 15) is 13.2 Å². The Morgan fingerprint density at radius 1 is 1.27 bits per heavy atom. The monoisotopic (exact) mass is 324 g/mol. The van der Waals surface area contributed by atoms with Crippen molar-refractivity contribution < 1.29 is 13.2 Å². The molecule has 22 heavy (non-hydrogen) atoms. The summed E-state index contributed by atoms with van der Waals surface area (Å²) in [7, 11) is -3.33. The molecule has 6 heteroatoms. The molecule has 1 heterocycles. The van der Waals surface area contributed by atoms with Crippen LogP contribution in [0, 0.1) is 0 Å². The summed E-state index contributed by atoms with van der Waals surface area (Å²) in [5.41, 5.74) is 1.91. The molecule has 0 aromatic heterocycles. The van der Waals surface area contributed by atoms with Crippen molar-refractivity contribution in [1.29, 1.82) is 0 Å². The van der Waals surface area contributed by atoms with Crippen molar-refractivity contribution in [3.05, 3.63) is 29.8 Å². The minimum Gasteiger partial charge on any atom is -0.325 e. The second kappa shape index (κ2) is 7.24. The van der Waals surface area contributed by atoms with E-state index in [1.165, 1.54) is 9.87 Å². The van der Waals surface area contributed by atoms with Crippen LogP contribution in [-0.2, 0) is 21.2 Å². The Bertz CT molecular complexity index is 611. The first-order valence-electron chi connectivity index (χ1n) is 7.87. The zero-order valence-electron chi connectivity index (χ0n) is 13.2. The topological polar surface area (TPSA) is 66.5 Å². The number of anilines is 1. The van der Waals surface area contributed by atoms with Crippen LogP contribution in [0.3, 0.4) is 0 Å². The van der Waals surface area contributed by atoms with E-state index in [0.29, 0.717) is 25.1 Å². The number of nitrogens with one attached hydrogen (secondary N) is 1. The van der Waals surface area contributed by atoms with Crippen molar-refractivity contribution in [2.45, 2.75) is 45.6 Å². The van der Waals surface area contributed by atoms with Crippen molar-refractivity contribution in [2.75, 3.05) is 17.6 Å². The van der Waals surface area contributed by atoms with Crippen LogP contribution >= 0.6 is 0 Å². The molecule has 0 spiro atoms. The van der Waals surface area contributed by atoms with E-state index in [-0.39, 0.29) is 11.7 Å². The largest absolute Gasteiger partial charge is 0.325 e. The minimum atomic E-state index is -3.33. The Hall–Kier alpha value is -1.40. The van der Waals surface area contributed by atoms with E-state index < -0.39 is 16.1 Å². The molecule has 0 bridgehead atoms. The number of carbonyl (C=O) groups excluding carboxylic acids is 1. The minimum absolute atomic E-state index is 0.0992. The van der Waals surface area contributed by atoms with Gasteiger partial charge in [0.25, 0.3) is 0 Å². The fourth-order valence-electron chi connectivity index (χ4n) is 2.76. The van der Waals surface area contributed by atoms with E-state index in [0.717, 1.165) is 12.8 Å². The molecule has 1 fully saturated rings. The van der Waals surface area contributed by atoms with Crippen LogP contribution < -0.4 is 5.32 Å². The first-order valence-corrected chi connectivity index (χ1v) is 9.48. The summed E-state index contributed by atoms with van der Waals surface area (Å²) >= 11 is 0. The first kappa shape index (κ1) is 17.0. The zero-order chi connectivity index (χ0) is 16.2. The quantitative estimate of drug-likeness (QED) is 0.874. The van der Waals surface area contributed by atoms with Crippen LogP contribution in [0.2, 0.25) is 0 Å². The summed E-state index contributed by atoms with van der Waals surface area (Å²) in [5, 5.41) is 2.83. The molecule has 1 aromatic carbocycles. The van der Waals surface area contributed by atoms with E-state index in [4.69, 9.17) is 0 Å². The van der Waals surface area contributed by atoms with Gasteiger partial charge >= 0.3 is 0 Å². The van der Waals surface area contributed by atoms with Crippen LogP contribution in [0.15, 0.2) is 24.3 Å². The zero-order valence-corrected chi connectivity index (χ0v) is 14.0. The Balaban J connectivity index is 2.07. The van der Waals surface area contributed by atoms with Crippen molar-refractivity contribution in [1.82, 2.24) is 4.31 Å². The number of sulfonamides is 1. The fourth-order valence-corrected chi connectivity index (χ4v) is 4.51. The lowest BCUT2D eigenvalue weighted by Crippen LogP contribution is -2.44. The van der Waals surface area contributed by atoms with Gasteiger partial charge in [-0.3, -0.25) is 4.79 Å². The Kier molecular flexibility index (Phi) is 5.58. The highest BCUT2D eigenvalue weighted by Gasteiger charge is 2.37. The molecule has 0 unspecified atom stereocenters. The van der Waals surface area contributed by atoms with Crippen LogP contribution in [0.1, 0.15) is 38.7 Å². The Morgan fingerprint density at radius 3 is 2.55 bits per heavy atom. The van der Waals surface area contributed by atoms with Crippen molar-refractivity contribution in [3.63, 3.8) is 0 Å². The number of hydrogen-bond donors (Lipinski definition) is 1. The number of aryl methyl sites for hydroxylation is 1. The molecule has 5 nitrogen and oxygen atoms in total. The SMILES string of the molecule is CCCS(=O)(=O)N1CCC[C@@H]1C(=O)Nc1ccc(CC)cc1. The Morgan fingerprint density at radius 2 is 1.95 bits per heavy atom. The maximum absolute atomic E-state index is 12.4. The molecule has 1 aliphatic heterocycles. The number of carbonyl (C=O) groups is 1. The Labute approximate surface area is 132 Å². The number of benzene rings is 1. The summed E-state index contributed by atoms with van der Waals surface area (Å²) in [4.78, 5) is 12.4. The molecule has 1 aliphatic rings. The molecule has 1 amide bonds. The van der Waals surface area contributed by atoms with Gasteiger partial charge in [-0.2, -0.15) is 4.31 Å². The molecular weight excluding hydrogens is 300 g/mol. The molecule has 0 radical (unpaired) electrons. The van der Waals surface area contributed by atoms with Gasteiger partial charge in [-0.25, -0.2) is 8.42 Å². The molecule has 1 saturated heterocycles. The summed E-state index contributed by atoms with van der Waals surface area (Å²) in [6.07, 6.45) is 2.82. The van der Waals surface area contributed by atoms with Gasteiger partial charge in [-0.1, -0.05) is 26.0 Å². The van der Waals surface area contributed by atoms with Crippen LogP contribution in [0.4, 0.5) is 5.69 Å². The van der Waals surface area contributed by atoms with Crippen LogP contribution in [0.25, 0.3) is 0 Å². The van der Waals surface area contributed by atoms with E-state index in [1.54, 1.807) is 0 Å². The predicted octanol–water partition coefficient (Wildman–Crippen LogP) is 2.39. The lowest BCUT2D eigenvalue weighted by molar-refractivity contribution is -0.119. The number of amides is 1. The second-order valence-corrected chi connectivity index (χ2v) is 7.67. The summed E-state index contributed by atoms with van der Waals surface area (Å²) < 4.78 is 25.8. The average Bonchev–Trinajstić information content (AvgIpc) is 2.98. The number of hydrogen-bond acceptors (Lipinski definition) is 3. The third kappa shape index (κ3) is 3.87. The number of rotatable bonds is 6. The third-order valence-electron chi connectivity index (χ3n) is 3.96. The van der Waals surface area contributed by atoms with Crippen molar-refractivity contribution in [3.8, 4) is 0 Å². The molecule has 1 N–H and O–H groups in total. The molecule has 0 saturated carbocycles.